The molecule has 0 amide bonds. The van der Waals surface area contributed by atoms with E-state index in [-0.39, 0.29) is 12.4 Å². The number of hydrogen-bond donors (Lipinski definition) is 1. The van der Waals surface area contributed by atoms with Crippen molar-refractivity contribution >= 4 is 12.4 Å². The van der Waals surface area contributed by atoms with Crippen LogP contribution in [0.1, 0.15) is 22.3 Å². The van der Waals surface area contributed by atoms with Crippen molar-refractivity contribution in [1.82, 2.24) is 0 Å². The van der Waals surface area contributed by atoms with Gasteiger partial charge in [0, 0.05) is 12.1 Å². The van der Waals surface area contributed by atoms with Gasteiger partial charge < -0.3 is 10.5 Å². The van der Waals surface area contributed by atoms with E-state index >= 15 is 0 Å². The van der Waals surface area contributed by atoms with Crippen LogP contribution in [0.5, 0.6) is 5.75 Å². The van der Waals surface area contributed by atoms with Crippen molar-refractivity contribution in [3.8, 4) is 16.9 Å². The highest BCUT2D eigenvalue weighted by Gasteiger charge is 2.09. The lowest BCUT2D eigenvalue weighted by atomic mass is 9.98. The van der Waals surface area contributed by atoms with Gasteiger partial charge in [0.25, 0.3) is 0 Å². The Hall–Kier alpha value is -2.29. The van der Waals surface area contributed by atoms with E-state index in [4.69, 9.17) is 10.5 Å². The first-order chi connectivity index (χ1) is 11.7. The molecule has 3 heteroatoms. The number of benzene rings is 3. The van der Waals surface area contributed by atoms with Crippen molar-refractivity contribution in [2.24, 2.45) is 5.73 Å². The zero-order valence-corrected chi connectivity index (χ0v) is 15.5. The van der Waals surface area contributed by atoms with Gasteiger partial charge in [0.15, 0.2) is 0 Å². The first kappa shape index (κ1) is 19.0. The average molecular weight is 354 g/mol. The summed E-state index contributed by atoms with van der Waals surface area (Å²) in [5.74, 6) is 0.881. The normalized spacial score (nSPS) is 10.2. The molecule has 3 rings (SSSR count). The molecule has 0 atom stereocenters. The third-order valence-electron chi connectivity index (χ3n) is 4.05. The van der Waals surface area contributed by atoms with Gasteiger partial charge in [-0.05, 0) is 36.6 Å². The Balaban J connectivity index is 0.00000225. The standard InChI is InChI=1S/C22H23NO.ClH/c1-16-10-17(2)12-20(11-16)21-9-8-19(14-23)13-22(21)24-15-18-6-4-3-5-7-18;/h3-13H,14-15,23H2,1-2H3;1H. The fraction of sp³-hybridized carbons (Fsp3) is 0.182. The van der Waals surface area contributed by atoms with Gasteiger partial charge >= 0.3 is 0 Å². The fourth-order valence-electron chi connectivity index (χ4n) is 2.92. The van der Waals surface area contributed by atoms with E-state index < -0.39 is 0 Å². The van der Waals surface area contributed by atoms with Crippen molar-refractivity contribution in [2.75, 3.05) is 0 Å². The minimum atomic E-state index is 0. The number of aryl methyl sites for hydroxylation is 2. The van der Waals surface area contributed by atoms with Crippen molar-refractivity contribution < 1.29 is 4.74 Å². The van der Waals surface area contributed by atoms with Crippen LogP contribution in [0, 0.1) is 13.8 Å². The largest absolute Gasteiger partial charge is 0.488 e. The smallest absolute Gasteiger partial charge is 0.127 e. The first-order valence-electron chi connectivity index (χ1n) is 8.24. The van der Waals surface area contributed by atoms with Gasteiger partial charge in [0.2, 0.25) is 0 Å². The van der Waals surface area contributed by atoms with Gasteiger partial charge in [0.05, 0.1) is 0 Å². The lowest BCUT2D eigenvalue weighted by molar-refractivity contribution is 0.307. The molecule has 2 N–H and O–H groups in total. The van der Waals surface area contributed by atoms with Crippen LogP contribution >= 0.6 is 12.4 Å². The second-order valence-corrected chi connectivity index (χ2v) is 6.19. The molecule has 0 fully saturated rings. The maximum Gasteiger partial charge on any atom is 0.127 e. The van der Waals surface area contributed by atoms with E-state index in [1.165, 1.54) is 16.7 Å². The zero-order chi connectivity index (χ0) is 16.9. The predicted molar refractivity (Wildman–Crippen MR) is 107 cm³/mol. The molecular formula is C22H24ClNO. The molecule has 0 aromatic heterocycles. The van der Waals surface area contributed by atoms with Crippen molar-refractivity contribution in [1.29, 1.82) is 0 Å². The number of rotatable bonds is 5. The molecule has 0 spiro atoms. The fourth-order valence-corrected chi connectivity index (χ4v) is 2.92. The summed E-state index contributed by atoms with van der Waals surface area (Å²) in [4.78, 5) is 0. The third-order valence-corrected chi connectivity index (χ3v) is 4.05. The highest BCUT2D eigenvalue weighted by atomic mass is 35.5. The van der Waals surface area contributed by atoms with Gasteiger partial charge in [-0.3, -0.25) is 0 Å². The van der Waals surface area contributed by atoms with E-state index in [1.807, 2.05) is 18.2 Å². The summed E-state index contributed by atoms with van der Waals surface area (Å²) in [5.41, 5.74) is 12.8. The highest BCUT2D eigenvalue weighted by molar-refractivity contribution is 5.85. The summed E-state index contributed by atoms with van der Waals surface area (Å²) in [6.07, 6.45) is 0. The van der Waals surface area contributed by atoms with Crippen LogP contribution in [0.15, 0.2) is 66.7 Å². The summed E-state index contributed by atoms with van der Waals surface area (Å²) in [6.45, 7) is 5.30. The second kappa shape index (κ2) is 8.70. The molecule has 0 heterocycles. The van der Waals surface area contributed by atoms with Gasteiger partial charge in [-0.15, -0.1) is 12.4 Å². The zero-order valence-electron chi connectivity index (χ0n) is 14.7. The molecule has 0 unspecified atom stereocenters. The number of nitrogens with two attached hydrogens (primary N) is 1. The average Bonchev–Trinajstić information content (AvgIpc) is 2.59. The summed E-state index contributed by atoms with van der Waals surface area (Å²) >= 11 is 0. The second-order valence-electron chi connectivity index (χ2n) is 6.19. The Morgan fingerprint density at radius 2 is 1.48 bits per heavy atom. The molecule has 0 radical (unpaired) electrons. The molecule has 3 aromatic rings. The van der Waals surface area contributed by atoms with Gasteiger partial charge in [-0.2, -0.15) is 0 Å². The van der Waals surface area contributed by atoms with E-state index in [1.54, 1.807) is 0 Å². The van der Waals surface area contributed by atoms with Crippen LogP contribution in [0.2, 0.25) is 0 Å². The molecule has 0 saturated carbocycles. The van der Waals surface area contributed by atoms with Crippen LogP contribution in [0.4, 0.5) is 0 Å². The monoisotopic (exact) mass is 353 g/mol. The molecule has 3 aromatic carbocycles. The molecule has 2 nitrogen and oxygen atoms in total. The molecule has 25 heavy (non-hydrogen) atoms. The Bertz CT molecular complexity index is 810. The third kappa shape index (κ3) is 4.85. The Morgan fingerprint density at radius 1 is 0.800 bits per heavy atom. The maximum absolute atomic E-state index is 6.14. The van der Waals surface area contributed by atoms with Gasteiger partial charge in [-0.1, -0.05) is 71.8 Å². The summed E-state index contributed by atoms with van der Waals surface area (Å²) < 4.78 is 6.14. The number of ether oxygens (including phenoxy) is 1. The summed E-state index contributed by atoms with van der Waals surface area (Å²) in [6, 6.07) is 23.0. The van der Waals surface area contributed by atoms with Crippen LogP contribution in [0.25, 0.3) is 11.1 Å². The molecular weight excluding hydrogens is 330 g/mol. The Kier molecular flexibility index (Phi) is 6.63. The van der Waals surface area contributed by atoms with E-state index in [2.05, 4.69) is 62.4 Å². The van der Waals surface area contributed by atoms with Gasteiger partial charge in [-0.25, -0.2) is 0 Å². The summed E-state index contributed by atoms with van der Waals surface area (Å²) in [5, 5.41) is 0. The van der Waals surface area contributed by atoms with E-state index in [0.717, 1.165) is 22.4 Å². The van der Waals surface area contributed by atoms with Gasteiger partial charge in [0.1, 0.15) is 12.4 Å². The lowest BCUT2D eigenvalue weighted by Crippen LogP contribution is -2.01. The maximum atomic E-state index is 6.14. The highest BCUT2D eigenvalue weighted by Crippen LogP contribution is 2.33. The van der Waals surface area contributed by atoms with Crippen LogP contribution in [0.3, 0.4) is 0 Å². The summed E-state index contributed by atoms with van der Waals surface area (Å²) in [7, 11) is 0. The molecule has 130 valence electrons. The molecule has 0 aliphatic carbocycles. The first-order valence-corrected chi connectivity index (χ1v) is 8.24. The predicted octanol–water partition coefficient (Wildman–Crippen LogP) is 5.43. The molecule has 0 saturated heterocycles. The topological polar surface area (TPSA) is 35.2 Å². The Labute approximate surface area is 156 Å². The molecule has 0 bridgehead atoms. The number of hydrogen-bond acceptors (Lipinski definition) is 2. The molecule has 0 aliphatic heterocycles. The van der Waals surface area contributed by atoms with E-state index in [0.29, 0.717) is 13.2 Å². The Morgan fingerprint density at radius 3 is 2.12 bits per heavy atom. The van der Waals surface area contributed by atoms with Crippen LogP contribution in [-0.4, -0.2) is 0 Å². The lowest BCUT2D eigenvalue weighted by Gasteiger charge is -2.14. The van der Waals surface area contributed by atoms with Crippen molar-refractivity contribution in [2.45, 2.75) is 27.0 Å². The SMILES string of the molecule is Cc1cc(C)cc(-c2ccc(CN)cc2OCc2ccccc2)c1.Cl. The van der Waals surface area contributed by atoms with E-state index in [9.17, 15) is 0 Å². The van der Waals surface area contributed by atoms with Crippen molar-refractivity contribution in [3.05, 3.63) is 89.0 Å². The quantitative estimate of drug-likeness (QED) is 0.663. The number of halogens is 1. The molecule has 0 aliphatic rings. The van der Waals surface area contributed by atoms with Crippen LogP contribution < -0.4 is 10.5 Å². The van der Waals surface area contributed by atoms with Crippen molar-refractivity contribution in [3.63, 3.8) is 0 Å². The minimum absolute atomic E-state index is 0. The minimum Gasteiger partial charge on any atom is -0.488 e. The van der Waals surface area contributed by atoms with Crippen LogP contribution in [-0.2, 0) is 13.2 Å².